The number of sulfone groups is 1. The predicted octanol–water partition coefficient (Wildman–Crippen LogP) is 5.90. The topological polar surface area (TPSA) is 64.1 Å². The molecule has 4 nitrogen and oxygen atoms in total. The molecule has 0 N–H and O–H groups in total. The predicted molar refractivity (Wildman–Crippen MR) is 121 cm³/mol. The van der Waals surface area contributed by atoms with Crippen LogP contribution in [0.4, 0.5) is 4.39 Å². The number of nitrogens with zero attached hydrogens (tertiary/aromatic N) is 1. The van der Waals surface area contributed by atoms with Crippen LogP contribution in [-0.4, -0.2) is 25.4 Å². The van der Waals surface area contributed by atoms with Crippen LogP contribution in [0.5, 0.6) is 0 Å². The first-order chi connectivity index (χ1) is 14.7. The van der Waals surface area contributed by atoms with E-state index in [1.165, 1.54) is 35.6 Å². The average Bonchev–Trinajstić information content (AvgIpc) is 3.19. The molecular weight excluding hydrogens is 457 g/mol. The molecule has 31 heavy (non-hydrogen) atoms. The highest BCUT2D eigenvalue weighted by Gasteiger charge is 2.21. The van der Waals surface area contributed by atoms with Gasteiger partial charge in [0.05, 0.1) is 15.5 Å². The van der Waals surface area contributed by atoms with Crippen molar-refractivity contribution in [3.05, 3.63) is 94.2 Å². The smallest absolute Gasteiger partial charge is 0.221 e. The van der Waals surface area contributed by atoms with Crippen LogP contribution in [0.15, 0.2) is 77.7 Å². The van der Waals surface area contributed by atoms with Crippen LogP contribution in [-0.2, 0) is 9.84 Å². The van der Waals surface area contributed by atoms with Crippen LogP contribution >= 0.6 is 22.9 Å². The lowest BCUT2D eigenvalue weighted by atomic mass is 10.1. The summed E-state index contributed by atoms with van der Waals surface area (Å²) < 4.78 is 37.0. The van der Waals surface area contributed by atoms with Gasteiger partial charge in [0.25, 0.3) is 0 Å². The largest absolute Gasteiger partial charge is 0.286 e. The number of aromatic nitrogens is 1. The van der Waals surface area contributed by atoms with Crippen molar-refractivity contribution in [2.75, 3.05) is 6.26 Å². The number of carbonyl (C=O) groups is 1. The lowest BCUT2D eigenvalue weighted by Crippen LogP contribution is -2.00. The summed E-state index contributed by atoms with van der Waals surface area (Å²) in [6, 6.07) is 18.7. The molecule has 156 valence electrons. The molecule has 0 saturated carbocycles. The zero-order valence-corrected chi connectivity index (χ0v) is 18.6. The second-order valence-electron chi connectivity index (χ2n) is 6.84. The number of halogens is 2. The molecule has 8 heteroatoms. The highest BCUT2D eigenvalue weighted by Crippen LogP contribution is 2.38. The Morgan fingerprint density at radius 2 is 1.48 bits per heavy atom. The van der Waals surface area contributed by atoms with Crippen molar-refractivity contribution in [1.82, 2.24) is 4.98 Å². The number of rotatable bonds is 5. The van der Waals surface area contributed by atoms with E-state index in [0.717, 1.165) is 6.26 Å². The molecule has 1 heterocycles. The van der Waals surface area contributed by atoms with Crippen molar-refractivity contribution >= 4 is 38.6 Å². The molecule has 4 rings (SSSR count). The van der Waals surface area contributed by atoms with Crippen LogP contribution in [0, 0.1) is 5.82 Å². The fourth-order valence-electron chi connectivity index (χ4n) is 2.99. The Hall–Kier alpha value is -2.87. The summed E-state index contributed by atoms with van der Waals surface area (Å²) in [5, 5.41) is 0.790. The standard InChI is InChI=1S/C23H15ClFNO3S2/c1-31(28,29)19-12-6-16(7-13-19)22-20(14-4-10-18(25)11-5-14)26-23(30-22)21(27)15-2-8-17(24)9-3-15/h2-13H,1H3. The van der Waals surface area contributed by atoms with Gasteiger partial charge in [-0.2, -0.15) is 0 Å². The maximum Gasteiger partial charge on any atom is 0.221 e. The third kappa shape index (κ3) is 4.58. The molecule has 0 atom stereocenters. The van der Waals surface area contributed by atoms with E-state index in [-0.39, 0.29) is 21.5 Å². The lowest BCUT2D eigenvalue weighted by Gasteiger charge is -2.04. The third-order valence-electron chi connectivity index (χ3n) is 4.59. The first-order valence-electron chi connectivity index (χ1n) is 9.10. The molecule has 1 aromatic heterocycles. The fraction of sp³-hybridized carbons (Fsp3) is 0.0435. The molecule has 0 spiro atoms. The summed E-state index contributed by atoms with van der Waals surface area (Å²) in [5.74, 6) is -0.639. The Balaban J connectivity index is 1.83. The van der Waals surface area contributed by atoms with Crippen LogP contribution < -0.4 is 0 Å². The summed E-state index contributed by atoms with van der Waals surface area (Å²) in [4.78, 5) is 18.4. The fourth-order valence-corrected chi connectivity index (χ4v) is 4.81. The van der Waals surface area contributed by atoms with Crippen molar-refractivity contribution in [1.29, 1.82) is 0 Å². The maximum atomic E-state index is 13.4. The SMILES string of the molecule is CS(=O)(=O)c1ccc(-c2sc(C(=O)c3ccc(Cl)cc3)nc2-c2ccc(F)cc2)cc1. The van der Waals surface area contributed by atoms with E-state index in [4.69, 9.17) is 11.6 Å². The van der Waals surface area contributed by atoms with Gasteiger partial charge in [-0.15, -0.1) is 11.3 Å². The van der Waals surface area contributed by atoms with E-state index >= 15 is 0 Å². The number of carbonyl (C=O) groups excluding carboxylic acids is 1. The molecule has 0 radical (unpaired) electrons. The van der Waals surface area contributed by atoms with E-state index in [1.807, 2.05) is 0 Å². The van der Waals surface area contributed by atoms with Gasteiger partial charge < -0.3 is 0 Å². The van der Waals surface area contributed by atoms with E-state index in [1.54, 1.807) is 48.5 Å². The van der Waals surface area contributed by atoms with Gasteiger partial charge in [-0.1, -0.05) is 23.7 Å². The quantitative estimate of drug-likeness (QED) is 0.340. The molecule has 0 amide bonds. The number of hydrogen-bond acceptors (Lipinski definition) is 5. The van der Waals surface area contributed by atoms with Gasteiger partial charge in [0.1, 0.15) is 5.82 Å². The summed E-state index contributed by atoms with van der Waals surface area (Å²) >= 11 is 7.11. The first kappa shape index (κ1) is 21.4. The average molecular weight is 472 g/mol. The number of hydrogen-bond donors (Lipinski definition) is 0. The minimum absolute atomic E-state index is 0.196. The lowest BCUT2D eigenvalue weighted by molar-refractivity contribution is 0.103. The zero-order valence-electron chi connectivity index (χ0n) is 16.2. The molecule has 3 aromatic carbocycles. The molecule has 0 aliphatic heterocycles. The zero-order chi connectivity index (χ0) is 22.2. The third-order valence-corrected chi connectivity index (χ3v) is 7.07. The van der Waals surface area contributed by atoms with Gasteiger partial charge in [-0.25, -0.2) is 17.8 Å². The second kappa shape index (κ2) is 8.34. The number of thiazole rings is 1. The van der Waals surface area contributed by atoms with Gasteiger partial charge in [-0.3, -0.25) is 4.79 Å². The van der Waals surface area contributed by atoms with Crippen molar-refractivity contribution in [3.8, 4) is 21.7 Å². The van der Waals surface area contributed by atoms with Crippen LogP contribution in [0.3, 0.4) is 0 Å². The van der Waals surface area contributed by atoms with Gasteiger partial charge in [0, 0.05) is 22.4 Å². The summed E-state index contributed by atoms with van der Waals surface area (Å²) in [6.45, 7) is 0. The van der Waals surface area contributed by atoms with Crippen molar-refractivity contribution in [2.24, 2.45) is 0 Å². The van der Waals surface area contributed by atoms with Crippen LogP contribution in [0.2, 0.25) is 5.02 Å². The molecule has 0 fully saturated rings. The van der Waals surface area contributed by atoms with Gasteiger partial charge in [0.15, 0.2) is 14.8 Å². The van der Waals surface area contributed by atoms with E-state index in [2.05, 4.69) is 4.98 Å². The molecule has 4 aromatic rings. The van der Waals surface area contributed by atoms with E-state index in [9.17, 15) is 17.6 Å². The van der Waals surface area contributed by atoms with Gasteiger partial charge in [-0.05, 0) is 66.2 Å². The molecule has 0 unspecified atom stereocenters. The van der Waals surface area contributed by atoms with Crippen molar-refractivity contribution < 1.29 is 17.6 Å². The van der Waals surface area contributed by atoms with Crippen LogP contribution in [0.25, 0.3) is 21.7 Å². The Labute approximate surface area is 187 Å². The number of benzene rings is 3. The number of ketones is 1. The van der Waals surface area contributed by atoms with E-state index < -0.39 is 9.84 Å². The maximum absolute atomic E-state index is 13.4. The van der Waals surface area contributed by atoms with E-state index in [0.29, 0.717) is 32.3 Å². The second-order valence-corrected chi connectivity index (χ2v) is 10.3. The summed E-state index contributed by atoms with van der Waals surface area (Å²) in [7, 11) is -3.34. The van der Waals surface area contributed by atoms with Crippen molar-refractivity contribution in [3.63, 3.8) is 0 Å². The molecule has 0 saturated heterocycles. The monoisotopic (exact) mass is 471 g/mol. The van der Waals surface area contributed by atoms with Crippen LogP contribution in [0.1, 0.15) is 15.4 Å². The molecule has 0 aliphatic rings. The van der Waals surface area contributed by atoms with Gasteiger partial charge >= 0.3 is 0 Å². The van der Waals surface area contributed by atoms with Gasteiger partial charge in [0.2, 0.25) is 5.78 Å². The summed E-state index contributed by atoms with van der Waals surface area (Å²) in [6.07, 6.45) is 1.14. The Kier molecular flexibility index (Phi) is 5.75. The molecule has 0 aliphatic carbocycles. The minimum atomic E-state index is -3.34. The summed E-state index contributed by atoms with van der Waals surface area (Å²) in [5.41, 5.74) is 2.33. The Bertz CT molecular complexity index is 1360. The Morgan fingerprint density at radius 3 is 2.06 bits per heavy atom. The Morgan fingerprint density at radius 1 is 0.903 bits per heavy atom. The minimum Gasteiger partial charge on any atom is -0.286 e. The molecule has 0 bridgehead atoms. The highest BCUT2D eigenvalue weighted by atomic mass is 35.5. The normalized spacial score (nSPS) is 11.5. The first-order valence-corrected chi connectivity index (χ1v) is 12.2. The van der Waals surface area contributed by atoms with Crippen molar-refractivity contribution in [2.45, 2.75) is 4.90 Å². The molecular formula is C23H15ClFNO3S2. The highest BCUT2D eigenvalue weighted by molar-refractivity contribution is 7.90.